The van der Waals surface area contributed by atoms with E-state index in [1.54, 1.807) is 0 Å². The Labute approximate surface area is 124 Å². The van der Waals surface area contributed by atoms with Gasteiger partial charge >= 0.3 is 5.97 Å². The second-order valence-corrected chi connectivity index (χ2v) is 5.68. The van der Waals surface area contributed by atoms with Crippen molar-refractivity contribution in [3.05, 3.63) is 46.6 Å². The summed E-state index contributed by atoms with van der Waals surface area (Å²) < 4.78 is 5.20. The summed E-state index contributed by atoms with van der Waals surface area (Å²) in [6.45, 7) is 5.99. The molecule has 5 nitrogen and oxygen atoms in total. The van der Waals surface area contributed by atoms with Gasteiger partial charge in [0.25, 0.3) is 0 Å². The zero-order chi connectivity index (χ0) is 15.4. The van der Waals surface area contributed by atoms with Crippen LogP contribution in [0.4, 0.5) is 0 Å². The highest BCUT2D eigenvalue weighted by Crippen LogP contribution is 2.14. The number of carboxylic acid groups (broad SMARTS) is 1. The number of carboxylic acids is 1. The Bertz CT molecular complexity index is 614. The van der Waals surface area contributed by atoms with Crippen molar-refractivity contribution < 1.29 is 14.4 Å². The Morgan fingerprint density at radius 2 is 1.95 bits per heavy atom. The quantitative estimate of drug-likeness (QED) is 0.884. The minimum absolute atomic E-state index is 0.0167. The van der Waals surface area contributed by atoms with Crippen molar-refractivity contribution in [3.63, 3.8) is 0 Å². The summed E-state index contributed by atoms with van der Waals surface area (Å²) in [5.41, 5.74) is 3.58. The zero-order valence-electron chi connectivity index (χ0n) is 12.6. The van der Waals surface area contributed by atoms with Crippen molar-refractivity contribution in [1.29, 1.82) is 0 Å². The molecule has 2 rings (SSSR count). The predicted molar refractivity (Wildman–Crippen MR) is 78.1 cm³/mol. The number of carbonyl (C=O) groups is 1. The normalized spacial score (nSPS) is 12.3. The van der Waals surface area contributed by atoms with Crippen LogP contribution in [0.15, 0.2) is 22.7 Å². The van der Waals surface area contributed by atoms with Gasteiger partial charge in [-0.3, -0.25) is 4.79 Å². The van der Waals surface area contributed by atoms with Gasteiger partial charge in [0, 0.05) is 19.3 Å². The molecule has 0 aliphatic rings. The SMILES string of the molecule is Cc1cc(C)cc(Cc2noc(CC(C)CC(=O)O)n2)c1. The molecule has 0 saturated carbocycles. The van der Waals surface area contributed by atoms with Gasteiger partial charge in [0.05, 0.1) is 0 Å². The van der Waals surface area contributed by atoms with Crippen LogP contribution >= 0.6 is 0 Å². The summed E-state index contributed by atoms with van der Waals surface area (Å²) in [4.78, 5) is 15.0. The summed E-state index contributed by atoms with van der Waals surface area (Å²) in [5.74, 6) is 0.315. The number of benzene rings is 1. The van der Waals surface area contributed by atoms with E-state index in [0.717, 1.165) is 5.56 Å². The van der Waals surface area contributed by atoms with Crippen LogP contribution in [0.2, 0.25) is 0 Å². The molecule has 0 bridgehead atoms. The number of aliphatic carboxylic acids is 1. The van der Waals surface area contributed by atoms with Crippen LogP contribution in [0.3, 0.4) is 0 Å². The molecule has 1 unspecified atom stereocenters. The third kappa shape index (κ3) is 4.70. The summed E-state index contributed by atoms with van der Waals surface area (Å²) in [6.07, 6.45) is 1.22. The van der Waals surface area contributed by atoms with Gasteiger partial charge in [0.15, 0.2) is 5.82 Å². The van der Waals surface area contributed by atoms with Gasteiger partial charge < -0.3 is 9.63 Å². The van der Waals surface area contributed by atoms with Crippen molar-refractivity contribution in [2.75, 3.05) is 0 Å². The average molecular weight is 288 g/mol. The number of hydrogen-bond donors (Lipinski definition) is 1. The number of aromatic nitrogens is 2. The molecule has 0 amide bonds. The summed E-state index contributed by atoms with van der Waals surface area (Å²) >= 11 is 0. The second kappa shape index (κ2) is 6.52. The van der Waals surface area contributed by atoms with Crippen molar-refractivity contribution >= 4 is 5.97 Å². The fourth-order valence-corrected chi connectivity index (χ4v) is 2.47. The van der Waals surface area contributed by atoms with Gasteiger partial charge in [-0.05, 0) is 25.3 Å². The van der Waals surface area contributed by atoms with Crippen LogP contribution in [0.5, 0.6) is 0 Å². The number of rotatable bonds is 6. The van der Waals surface area contributed by atoms with E-state index in [1.807, 2.05) is 6.92 Å². The Morgan fingerprint density at radius 1 is 1.29 bits per heavy atom. The number of hydrogen-bond acceptors (Lipinski definition) is 4. The van der Waals surface area contributed by atoms with Gasteiger partial charge in [0.2, 0.25) is 5.89 Å². The molecule has 0 aliphatic heterocycles. The lowest BCUT2D eigenvalue weighted by Crippen LogP contribution is -2.07. The van der Waals surface area contributed by atoms with E-state index in [2.05, 4.69) is 42.2 Å². The first-order chi connectivity index (χ1) is 9.92. The zero-order valence-corrected chi connectivity index (χ0v) is 12.6. The first-order valence-electron chi connectivity index (χ1n) is 7.03. The molecule has 1 atom stereocenters. The van der Waals surface area contributed by atoms with Crippen molar-refractivity contribution in [2.24, 2.45) is 5.92 Å². The third-order valence-electron chi connectivity index (χ3n) is 3.20. The lowest BCUT2D eigenvalue weighted by Gasteiger charge is -2.03. The molecule has 0 fully saturated rings. The van der Waals surface area contributed by atoms with Crippen LogP contribution < -0.4 is 0 Å². The molecule has 0 aliphatic carbocycles. The monoisotopic (exact) mass is 288 g/mol. The first-order valence-corrected chi connectivity index (χ1v) is 7.03. The molecule has 1 heterocycles. The van der Waals surface area contributed by atoms with E-state index in [9.17, 15) is 4.79 Å². The number of aryl methyl sites for hydroxylation is 2. The van der Waals surface area contributed by atoms with Crippen LogP contribution in [0.1, 0.15) is 41.8 Å². The van der Waals surface area contributed by atoms with E-state index in [4.69, 9.17) is 9.63 Å². The van der Waals surface area contributed by atoms with Crippen LogP contribution in [-0.2, 0) is 17.6 Å². The molecule has 0 saturated heterocycles. The minimum atomic E-state index is -0.808. The highest BCUT2D eigenvalue weighted by molar-refractivity contribution is 5.66. The predicted octanol–water partition coefficient (Wildman–Crippen LogP) is 2.93. The fraction of sp³-hybridized carbons (Fsp3) is 0.438. The highest BCUT2D eigenvalue weighted by atomic mass is 16.5. The van der Waals surface area contributed by atoms with E-state index >= 15 is 0 Å². The summed E-state index contributed by atoms with van der Waals surface area (Å²) in [5, 5.41) is 12.7. The lowest BCUT2D eigenvalue weighted by molar-refractivity contribution is -0.137. The Kier molecular flexibility index (Phi) is 4.73. The molecular formula is C16H20N2O3. The maximum absolute atomic E-state index is 10.6. The van der Waals surface area contributed by atoms with Crippen LogP contribution in [-0.4, -0.2) is 21.2 Å². The third-order valence-corrected chi connectivity index (χ3v) is 3.20. The van der Waals surface area contributed by atoms with E-state index in [0.29, 0.717) is 24.6 Å². The fourth-order valence-electron chi connectivity index (χ4n) is 2.47. The Balaban J connectivity index is 2.01. The minimum Gasteiger partial charge on any atom is -0.481 e. The van der Waals surface area contributed by atoms with Gasteiger partial charge in [0.1, 0.15) is 0 Å². The van der Waals surface area contributed by atoms with Crippen molar-refractivity contribution in [3.8, 4) is 0 Å². The average Bonchev–Trinajstić information content (AvgIpc) is 2.73. The highest BCUT2D eigenvalue weighted by Gasteiger charge is 2.14. The first kappa shape index (κ1) is 15.2. The Hall–Kier alpha value is -2.17. The van der Waals surface area contributed by atoms with Crippen molar-refractivity contribution in [2.45, 2.75) is 40.0 Å². The smallest absolute Gasteiger partial charge is 0.303 e. The molecule has 2 aromatic rings. The summed E-state index contributed by atoms with van der Waals surface area (Å²) in [7, 11) is 0. The molecule has 0 spiro atoms. The van der Waals surface area contributed by atoms with Crippen molar-refractivity contribution in [1.82, 2.24) is 10.1 Å². The van der Waals surface area contributed by atoms with Gasteiger partial charge in [-0.25, -0.2) is 0 Å². The molecular weight excluding hydrogens is 268 g/mol. The van der Waals surface area contributed by atoms with Gasteiger partial charge in [-0.15, -0.1) is 0 Å². The largest absolute Gasteiger partial charge is 0.481 e. The molecule has 5 heteroatoms. The molecule has 112 valence electrons. The number of nitrogens with zero attached hydrogens (tertiary/aromatic N) is 2. The maximum Gasteiger partial charge on any atom is 0.303 e. The molecule has 1 N–H and O–H groups in total. The topological polar surface area (TPSA) is 76.2 Å². The van der Waals surface area contributed by atoms with Gasteiger partial charge in [-0.2, -0.15) is 4.98 Å². The molecule has 21 heavy (non-hydrogen) atoms. The van der Waals surface area contributed by atoms with E-state index < -0.39 is 5.97 Å². The summed E-state index contributed by atoms with van der Waals surface area (Å²) in [6, 6.07) is 6.34. The van der Waals surface area contributed by atoms with Crippen LogP contribution in [0, 0.1) is 19.8 Å². The second-order valence-electron chi connectivity index (χ2n) is 5.68. The molecule has 0 radical (unpaired) electrons. The Morgan fingerprint density at radius 3 is 2.57 bits per heavy atom. The van der Waals surface area contributed by atoms with E-state index in [1.165, 1.54) is 11.1 Å². The maximum atomic E-state index is 10.6. The standard InChI is InChI=1S/C16H20N2O3/c1-10-4-11(2)6-13(5-10)9-14-17-15(21-18-14)7-12(3)8-16(19)20/h4-6,12H,7-9H2,1-3H3,(H,19,20). The van der Waals surface area contributed by atoms with E-state index in [-0.39, 0.29) is 12.3 Å². The lowest BCUT2D eigenvalue weighted by atomic mass is 10.0. The molecule has 1 aromatic carbocycles. The molecule has 1 aromatic heterocycles. The van der Waals surface area contributed by atoms with Crippen LogP contribution in [0.25, 0.3) is 0 Å². The van der Waals surface area contributed by atoms with Gasteiger partial charge in [-0.1, -0.05) is 41.4 Å².